The second-order valence-corrected chi connectivity index (χ2v) is 3.73. The Bertz CT molecular complexity index is 214. The van der Waals surface area contributed by atoms with Crippen molar-refractivity contribution < 1.29 is 9.59 Å². The molecule has 0 aliphatic heterocycles. The van der Waals surface area contributed by atoms with E-state index in [9.17, 15) is 9.59 Å². The maximum atomic E-state index is 11.4. The van der Waals surface area contributed by atoms with Gasteiger partial charge in [-0.1, -0.05) is 0 Å². The van der Waals surface area contributed by atoms with Crippen LogP contribution in [0.2, 0.25) is 0 Å². The van der Waals surface area contributed by atoms with Gasteiger partial charge in [-0.2, -0.15) is 0 Å². The van der Waals surface area contributed by atoms with Crippen molar-refractivity contribution >= 4 is 11.9 Å². The van der Waals surface area contributed by atoms with Gasteiger partial charge >= 0.3 is 6.03 Å². The van der Waals surface area contributed by atoms with Crippen LogP contribution in [0.3, 0.4) is 0 Å². The molecular formula is C9H19N3O2. The lowest BCUT2D eigenvalue weighted by Crippen LogP contribution is -2.49. The molecule has 0 aromatic carbocycles. The molecule has 0 aliphatic rings. The van der Waals surface area contributed by atoms with E-state index in [1.54, 1.807) is 21.0 Å². The van der Waals surface area contributed by atoms with Crippen LogP contribution in [0.15, 0.2) is 0 Å². The molecule has 82 valence electrons. The Balaban J connectivity index is 4.01. The lowest BCUT2D eigenvalue weighted by atomic mass is 10.3. The smallest absolute Gasteiger partial charge is 0.317 e. The molecule has 0 radical (unpaired) electrons. The average molecular weight is 201 g/mol. The minimum Gasteiger partial charge on any atom is -0.352 e. The summed E-state index contributed by atoms with van der Waals surface area (Å²) in [5.74, 6) is -0.171. The highest BCUT2D eigenvalue weighted by Crippen LogP contribution is 1.87. The van der Waals surface area contributed by atoms with Crippen LogP contribution < -0.4 is 10.6 Å². The monoisotopic (exact) mass is 201 g/mol. The Morgan fingerprint density at radius 3 is 1.93 bits per heavy atom. The maximum Gasteiger partial charge on any atom is 0.317 e. The van der Waals surface area contributed by atoms with Crippen molar-refractivity contribution in [2.45, 2.75) is 32.9 Å². The molecule has 0 aromatic heterocycles. The van der Waals surface area contributed by atoms with Crippen LogP contribution in [0.1, 0.15) is 20.8 Å². The predicted molar refractivity (Wildman–Crippen MR) is 55.0 cm³/mol. The third-order valence-corrected chi connectivity index (χ3v) is 1.57. The number of amides is 3. The second-order valence-electron chi connectivity index (χ2n) is 3.73. The lowest BCUT2D eigenvalue weighted by molar-refractivity contribution is -0.123. The third-order valence-electron chi connectivity index (χ3n) is 1.57. The molecule has 0 aromatic rings. The number of nitrogens with one attached hydrogen (secondary N) is 2. The topological polar surface area (TPSA) is 61.4 Å². The van der Waals surface area contributed by atoms with Crippen LogP contribution in [-0.2, 0) is 4.79 Å². The number of rotatable bonds is 3. The van der Waals surface area contributed by atoms with Gasteiger partial charge in [0, 0.05) is 20.1 Å². The van der Waals surface area contributed by atoms with Crippen LogP contribution in [-0.4, -0.2) is 43.0 Å². The van der Waals surface area contributed by atoms with Gasteiger partial charge in [-0.05, 0) is 20.8 Å². The normalized spacial score (nSPS) is 12.1. The lowest BCUT2D eigenvalue weighted by Gasteiger charge is -2.18. The van der Waals surface area contributed by atoms with E-state index in [1.165, 1.54) is 4.90 Å². The van der Waals surface area contributed by atoms with Crippen LogP contribution in [0.5, 0.6) is 0 Å². The molecule has 1 unspecified atom stereocenters. The molecule has 0 fully saturated rings. The van der Waals surface area contributed by atoms with E-state index >= 15 is 0 Å². The predicted octanol–water partition coefficient (Wildman–Crippen LogP) is 0.171. The largest absolute Gasteiger partial charge is 0.352 e. The first kappa shape index (κ1) is 12.7. The van der Waals surface area contributed by atoms with E-state index in [0.717, 1.165) is 0 Å². The molecule has 0 heterocycles. The Kier molecular flexibility index (Phi) is 4.97. The summed E-state index contributed by atoms with van der Waals surface area (Å²) in [6, 6.07) is -0.690. The first-order valence-corrected chi connectivity index (χ1v) is 4.62. The van der Waals surface area contributed by atoms with Gasteiger partial charge in [0.2, 0.25) is 5.91 Å². The van der Waals surface area contributed by atoms with Crippen LogP contribution in [0.25, 0.3) is 0 Å². The van der Waals surface area contributed by atoms with Gasteiger partial charge < -0.3 is 15.5 Å². The summed E-state index contributed by atoms with van der Waals surface area (Å²) < 4.78 is 0. The highest BCUT2D eigenvalue weighted by Gasteiger charge is 2.16. The standard InChI is InChI=1S/C9H19N3O2/c1-6(2)10-8(13)7(3)11-9(14)12(4)5/h6-7H,1-5H3,(H,10,13)(H,11,14). The molecule has 5 nitrogen and oxygen atoms in total. The first-order valence-electron chi connectivity index (χ1n) is 4.62. The Morgan fingerprint density at radius 1 is 1.07 bits per heavy atom. The fraction of sp³-hybridized carbons (Fsp3) is 0.778. The number of urea groups is 1. The van der Waals surface area contributed by atoms with E-state index in [-0.39, 0.29) is 18.0 Å². The first-order chi connectivity index (χ1) is 6.34. The summed E-state index contributed by atoms with van der Waals surface area (Å²) >= 11 is 0. The zero-order chi connectivity index (χ0) is 11.3. The quantitative estimate of drug-likeness (QED) is 0.684. The highest BCUT2D eigenvalue weighted by molar-refractivity contribution is 5.86. The van der Waals surface area contributed by atoms with Crippen molar-refractivity contribution in [1.82, 2.24) is 15.5 Å². The van der Waals surface area contributed by atoms with Gasteiger partial charge in [-0.15, -0.1) is 0 Å². The fourth-order valence-electron chi connectivity index (χ4n) is 0.789. The Hall–Kier alpha value is -1.26. The zero-order valence-corrected chi connectivity index (χ0v) is 9.42. The van der Waals surface area contributed by atoms with Gasteiger partial charge in [0.25, 0.3) is 0 Å². The molecule has 0 saturated heterocycles. The number of carbonyl (C=O) groups is 2. The van der Waals surface area contributed by atoms with Crippen molar-refractivity contribution in [3.8, 4) is 0 Å². The average Bonchev–Trinajstić information content (AvgIpc) is 2.02. The molecule has 1 atom stereocenters. The molecule has 5 heteroatoms. The van der Waals surface area contributed by atoms with Gasteiger partial charge in [-0.25, -0.2) is 4.79 Å². The summed E-state index contributed by atoms with van der Waals surface area (Å²) in [6.45, 7) is 5.40. The molecule has 2 N–H and O–H groups in total. The molecular weight excluding hydrogens is 182 g/mol. The number of carbonyl (C=O) groups excluding carboxylic acids is 2. The van der Waals surface area contributed by atoms with Crippen molar-refractivity contribution in [2.24, 2.45) is 0 Å². The molecule has 14 heavy (non-hydrogen) atoms. The van der Waals surface area contributed by atoms with Crippen molar-refractivity contribution in [2.75, 3.05) is 14.1 Å². The van der Waals surface area contributed by atoms with E-state index in [4.69, 9.17) is 0 Å². The Labute approximate surface area is 84.8 Å². The SMILES string of the molecule is CC(C)NC(=O)C(C)NC(=O)N(C)C. The van der Waals surface area contributed by atoms with Crippen molar-refractivity contribution in [3.05, 3.63) is 0 Å². The van der Waals surface area contributed by atoms with Gasteiger partial charge in [0.05, 0.1) is 0 Å². The second kappa shape index (κ2) is 5.47. The van der Waals surface area contributed by atoms with Gasteiger partial charge in [-0.3, -0.25) is 4.79 Å². The fourth-order valence-corrected chi connectivity index (χ4v) is 0.789. The zero-order valence-electron chi connectivity index (χ0n) is 9.42. The summed E-state index contributed by atoms with van der Waals surface area (Å²) in [7, 11) is 3.25. The van der Waals surface area contributed by atoms with E-state index in [0.29, 0.717) is 0 Å². The van der Waals surface area contributed by atoms with Crippen LogP contribution in [0.4, 0.5) is 4.79 Å². The highest BCUT2D eigenvalue weighted by atomic mass is 16.2. The number of nitrogens with zero attached hydrogens (tertiary/aromatic N) is 1. The summed E-state index contributed by atoms with van der Waals surface area (Å²) in [6.07, 6.45) is 0. The summed E-state index contributed by atoms with van der Waals surface area (Å²) in [5.41, 5.74) is 0. The van der Waals surface area contributed by atoms with E-state index in [2.05, 4.69) is 10.6 Å². The van der Waals surface area contributed by atoms with Gasteiger partial charge in [0.1, 0.15) is 6.04 Å². The Morgan fingerprint density at radius 2 is 1.57 bits per heavy atom. The molecule has 0 rings (SSSR count). The summed E-state index contributed by atoms with van der Waals surface area (Å²) in [4.78, 5) is 23.9. The number of hydrogen-bond donors (Lipinski definition) is 2. The minimum atomic E-state index is -0.507. The van der Waals surface area contributed by atoms with Crippen LogP contribution in [0, 0.1) is 0 Å². The summed E-state index contributed by atoms with van der Waals surface area (Å²) in [5, 5.41) is 5.27. The molecule has 0 saturated carbocycles. The van der Waals surface area contributed by atoms with E-state index in [1.807, 2.05) is 13.8 Å². The molecule has 0 bridgehead atoms. The molecule has 3 amide bonds. The molecule has 0 aliphatic carbocycles. The van der Waals surface area contributed by atoms with Crippen molar-refractivity contribution in [3.63, 3.8) is 0 Å². The minimum absolute atomic E-state index is 0.0845. The number of hydrogen-bond acceptors (Lipinski definition) is 2. The van der Waals surface area contributed by atoms with Crippen molar-refractivity contribution in [1.29, 1.82) is 0 Å². The third kappa shape index (κ3) is 4.69. The maximum absolute atomic E-state index is 11.4. The van der Waals surface area contributed by atoms with Gasteiger partial charge in [0.15, 0.2) is 0 Å². The van der Waals surface area contributed by atoms with E-state index < -0.39 is 6.04 Å². The molecule has 0 spiro atoms. The van der Waals surface area contributed by atoms with Crippen LogP contribution >= 0.6 is 0 Å².